The standard InChI is InChI=1S/C9H17FO2/c10-9(6-11,7-12)5-8-3-1-2-4-8/h8,11-12H,1-7H2. The molecule has 1 rings (SSSR count). The summed E-state index contributed by atoms with van der Waals surface area (Å²) in [6.45, 7) is -1.11. The molecule has 2 N–H and O–H groups in total. The van der Waals surface area contributed by atoms with Crippen LogP contribution in [-0.4, -0.2) is 29.1 Å². The first kappa shape index (κ1) is 9.93. The highest BCUT2D eigenvalue weighted by atomic mass is 19.1. The van der Waals surface area contributed by atoms with Crippen LogP contribution in [0.15, 0.2) is 0 Å². The van der Waals surface area contributed by atoms with Crippen LogP contribution in [0.25, 0.3) is 0 Å². The number of hydrogen-bond donors (Lipinski definition) is 2. The SMILES string of the molecule is OCC(F)(CO)CC1CCCC1. The van der Waals surface area contributed by atoms with Crippen molar-refractivity contribution in [2.24, 2.45) is 5.92 Å². The Balaban J connectivity index is 2.35. The monoisotopic (exact) mass is 176 g/mol. The topological polar surface area (TPSA) is 40.5 Å². The van der Waals surface area contributed by atoms with E-state index >= 15 is 0 Å². The molecule has 72 valence electrons. The van der Waals surface area contributed by atoms with Gasteiger partial charge in [-0.25, -0.2) is 4.39 Å². The molecule has 0 amide bonds. The van der Waals surface area contributed by atoms with Gasteiger partial charge >= 0.3 is 0 Å². The molecule has 0 atom stereocenters. The third-order valence-electron chi connectivity index (χ3n) is 2.70. The van der Waals surface area contributed by atoms with Crippen molar-refractivity contribution < 1.29 is 14.6 Å². The molecule has 1 aliphatic rings. The first-order valence-electron chi connectivity index (χ1n) is 4.61. The Bertz CT molecular complexity index is 128. The molecule has 0 heterocycles. The molecule has 0 aromatic heterocycles. The normalized spacial score (nSPS) is 20.2. The summed E-state index contributed by atoms with van der Waals surface area (Å²) in [7, 11) is 0. The van der Waals surface area contributed by atoms with Gasteiger partial charge in [-0.1, -0.05) is 25.7 Å². The van der Waals surface area contributed by atoms with Crippen LogP contribution in [0.4, 0.5) is 4.39 Å². The van der Waals surface area contributed by atoms with Crippen molar-refractivity contribution in [2.45, 2.75) is 37.8 Å². The van der Waals surface area contributed by atoms with Crippen LogP contribution in [-0.2, 0) is 0 Å². The zero-order valence-corrected chi connectivity index (χ0v) is 7.30. The predicted molar refractivity (Wildman–Crippen MR) is 44.6 cm³/mol. The van der Waals surface area contributed by atoms with Crippen molar-refractivity contribution in [1.82, 2.24) is 0 Å². The maximum absolute atomic E-state index is 13.4. The smallest absolute Gasteiger partial charge is 0.157 e. The molecule has 3 heteroatoms. The van der Waals surface area contributed by atoms with Crippen LogP contribution in [0, 0.1) is 5.92 Å². The van der Waals surface area contributed by atoms with Gasteiger partial charge in [0.25, 0.3) is 0 Å². The number of alkyl halides is 1. The largest absolute Gasteiger partial charge is 0.393 e. The van der Waals surface area contributed by atoms with Crippen molar-refractivity contribution in [2.75, 3.05) is 13.2 Å². The lowest BCUT2D eigenvalue weighted by molar-refractivity contribution is -0.00178. The summed E-state index contributed by atoms with van der Waals surface area (Å²) in [5.41, 5.74) is -1.74. The van der Waals surface area contributed by atoms with Gasteiger partial charge in [-0.15, -0.1) is 0 Å². The van der Waals surface area contributed by atoms with Gasteiger partial charge in [-0.05, 0) is 12.3 Å². The molecular weight excluding hydrogens is 159 g/mol. The summed E-state index contributed by atoms with van der Waals surface area (Å²) in [5.74, 6) is 0.370. The fourth-order valence-corrected chi connectivity index (χ4v) is 1.91. The highest BCUT2D eigenvalue weighted by Gasteiger charge is 2.32. The van der Waals surface area contributed by atoms with E-state index in [9.17, 15) is 4.39 Å². The Morgan fingerprint density at radius 3 is 2.08 bits per heavy atom. The highest BCUT2D eigenvalue weighted by Crippen LogP contribution is 2.33. The Hall–Kier alpha value is -0.150. The molecule has 1 saturated carbocycles. The average molecular weight is 176 g/mol. The molecule has 0 aromatic rings. The quantitative estimate of drug-likeness (QED) is 0.677. The fraction of sp³-hybridized carbons (Fsp3) is 1.00. The lowest BCUT2D eigenvalue weighted by Gasteiger charge is -2.23. The van der Waals surface area contributed by atoms with E-state index in [1.807, 2.05) is 0 Å². The molecule has 0 bridgehead atoms. The van der Waals surface area contributed by atoms with E-state index in [1.165, 1.54) is 0 Å². The number of rotatable bonds is 4. The van der Waals surface area contributed by atoms with Gasteiger partial charge < -0.3 is 10.2 Å². The number of hydrogen-bond acceptors (Lipinski definition) is 2. The third kappa shape index (κ3) is 2.42. The Morgan fingerprint density at radius 1 is 1.17 bits per heavy atom. The second kappa shape index (κ2) is 4.19. The van der Waals surface area contributed by atoms with E-state index < -0.39 is 18.9 Å². The van der Waals surface area contributed by atoms with Crippen LogP contribution in [0.1, 0.15) is 32.1 Å². The van der Waals surface area contributed by atoms with Gasteiger partial charge in [0.1, 0.15) is 0 Å². The molecule has 12 heavy (non-hydrogen) atoms. The van der Waals surface area contributed by atoms with Gasteiger partial charge in [0, 0.05) is 0 Å². The molecule has 0 unspecified atom stereocenters. The second-order valence-corrected chi connectivity index (χ2v) is 3.82. The maximum atomic E-state index is 13.4. The zero-order valence-electron chi connectivity index (χ0n) is 7.30. The number of halogens is 1. The van der Waals surface area contributed by atoms with Gasteiger partial charge in [-0.2, -0.15) is 0 Å². The summed E-state index contributed by atoms with van der Waals surface area (Å²) in [6, 6.07) is 0. The van der Waals surface area contributed by atoms with Crippen LogP contribution < -0.4 is 0 Å². The summed E-state index contributed by atoms with van der Waals surface area (Å²) in [6.07, 6.45) is 4.74. The van der Waals surface area contributed by atoms with E-state index in [0.717, 1.165) is 25.7 Å². The van der Waals surface area contributed by atoms with Gasteiger partial charge in [-0.3, -0.25) is 0 Å². The van der Waals surface area contributed by atoms with E-state index in [0.29, 0.717) is 12.3 Å². The Morgan fingerprint density at radius 2 is 1.67 bits per heavy atom. The first-order chi connectivity index (χ1) is 5.70. The van der Waals surface area contributed by atoms with Crippen molar-refractivity contribution in [3.05, 3.63) is 0 Å². The van der Waals surface area contributed by atoms with Crippen molar-refractivity contribution in [1.29, 1.82) is 0 Å². The van der Waals surface area contributed by atoms with Crippen molar-refractivity contribution in [3.8, 4) is 0 Å². The van der Waals surface area contributed by atoms with E-state index in [2.05, 4.69) is 0 Å². The third-order valence-corrected chi connectivity index (χ3v) is 2.70. The van der Waals surface area contributed by atoms with Gasteiger partial charge in [0.15, 0.2) is 5.67 Å². The molecule has 0 aromatic carbocycles. The maximum Gasteiger partial charge on any atom is 0.157 e. The summed E-state index contributed by atoms with van der Waals surface area (Å²) in [4.78, 5) is 0. The van der Waals surface area contributed by atoms with E-state index in [-0.39, 0.29) is 0 Å². The molecule has 1 aliphatic carbocycles. The summed E-state index contributed by atoms with van der Waals surface area (Å²) < 4.78 is 13.4. The number of aliphatic hydroxyl groups excluding tert-OH is 2. The average Bonchev–Trinajstić information content (AvgIpc) is 2.57. The van der Waals surface area contributed by atoms with Gasteiger partial charge in [0.05, 0.1) is 13.2 Å². The summed E-state index contributed by atoms with van der Waals surface area (Å²) in [5, 5.41) is 17.4. The Kier molecular flexibility index (Phi) is 3.47. The van der Waals surface area contributed by atoms with Crippen LogP contribution in [0.2, 0.25) is 0 Å². The number of aliphatic hydroxyl groups is 2. The second-order valence-electron chi connectivity index (χ2n) is 3.82. The zero-order chi connectivity index (χ0) is 9.03. The molecule has 0 spiro atoms. The minimum atomic E-state index is -1.74. The minimum absolute atomic E-state index is 0.319. The first-order valence-corrected chi connectivity index (χ1v) is 4.61. The molecule has 0 saturated heterocycles. The van der Waals surface area contributed by atoms with Crippen LogP contribution in [0.5, 0.6) is 0 Å². The lowest BCUT2D eigenvalue weighted by Crippen LogP contribution is -2.34. The van der Waals surface area contributed by atoms with Crippen LogP contribution >= 0.6 is 0 Å². The summed E-state index contributed by atoms with van der Waals surface area (Å²) >= 11 is 0. The van der Waals surface area contributed by atoms with Crippen LogP contribution in [0.3, 0.4) is 0 Å². The van der Waals surface area contributed by atoms with E-state index in [1.54, 1.807) is 0 Å². The molecule has 0 radical (unpaired) electrons. The van der Waals surface area contributed by atoms with Crippen molar-refractivity contribution in [3.63, 3.8) is 0 Å². The van der Waals surface area contributed by atoms with Crippen molar-refractivity contribution >= 4 is 0 Å². The molecule has 2 nitrogen and oxygen atoms in total. The van der Waals surface area contributed by atoms with E-state index in [4.69, 9.17) is 10.2 Å². The molecular formula is C9H17FO2. The fourth-order valence-electron chi connectivity index (χ4n) is 1.91. The lowest BCUT2D eigenvalue weighted by atomic mass is 9.92. The molecule has 1 fully saturated rings. The molecule has 0 aliphatic heterocycles. The minimum Gasteiger partial charge on any atom is -0.393 e. The van der Waals surface area contributed by atoms with Gasteiger partial charge in [0.2, 0.25) is 0 Å². The predicted octanol–water partition coefficient (Wildman–Crippen LogP) is 1.26. The Labute approximate surface area is 72.4 Å². The highest BCUT2D eigenvalue weighted by molar-refractivity contribution is 4.82.